The summed E-state index contributed by atoms with van der Waals surface area (Å²) in [6, 6.07) is -1.31. The van der Waals surface area contributed by atoms with Gasteiger partial charge in [-0.3, -0.25) is 28.8 Å². The number of unbranched alkanes of at least 4 members (excludes halogenated alkanes) is 14. The Labute approximate surface area is 371 Å². The number of hydrogen-bond acceptors (Lipinski definition) is 12. The molecule has 360 valence electrons. The van der Waals surface area contributed by atoms with Crippen molar-refractivity contribution in [2.75, 3.05) is 79.0 Å². The second-order valence-electron chi connectivity index (χ2n) is 15.2. The maximum absolute atomic E-state index is 12.3. The molecule has 0 radical (unpaired) electrons. The first-order valence-electron chi connectivity index (χ1n) is 22.8. The van der Waals surface area contributed by atoms with E-state index in [9.17, 15) is 38.7 Å². The van der Waals surface area contributed by atoms with E-state index >= 15 is 0 Å². The monoisotopic (exact) mass is 906 g/mol. The summed E-state index contributed by atoms with van der Waals surface area (Å²) in [5.74, 6) is -3.12. The van der Waals surface area contributed by atoms with Crippen molar-refractivity contribution in [3.05, 3.63) is 0 Å². The van der Waals surface area contributed by atoms with Crippen LogP contribution in [0.1, 0.15) is 142 Å². The number of likely N-dealkylation sites (N-methyl/N-ethyl adjacent to an activating group) is 1. The van der Waals surface area contributed by atoms with Crippen LogP contribution in [0.2, 0.25) is 0 Å². The number of carbonyl (C=O) groups excluding carboxylic acids is 5. The number of aliphatic carboxylic acids is 2. The molecule has 4 amide bonds. The highest BCUT2D eigenvalue weighted by atomic mass is 31.0. The minimum atomic E-state index is -1.18. The lowest BCUT2D eigenvalue weighted by Crippen LogP contribution is -2.41. The summed E-state index contributed by atoms with van der Waals surface area (Å²) in [6.45, 7) is 4.77. The zero-order valence-electron chi connectivity index (χ0n) is 37.5. The van der Waals surface area contributed by atoms with Crippen LogP contribution in [0.5, 0.6) is 0 Å². The third-order valence-electron chi connectivity index (χ3n) is 9.72. The average molecular weight is 906 g/mol. The van der Waals surface area contributed by atoms with E-state index in [1.54, 1.807) is 0 Å². The predicted molar refractivity (Wildman–Crippen MR) is 239 cm³/mol. The molecule has 0 aromatic heterocycles. The van der Waals surface area contributed by atoms with Crippen LogP contribution in [0.25, 0.3) is 0 Å². The van der Waals surface area contributed by atoms with Crippen LogP contribution in [0, 0.1) is 0 Å². The zero-order valence-corrected chi connectivity index (χ0v) is 38.6. The maximum atomic E-state index is 12.3. The van der Waals surface area contributed by atoms with Gasteiger partial charge in [-0.05, 0) is 45.1 Å². The van der Waals surface area contributed by atoms with Crippen LogP contribution in [0.4, 0.5) is 0 Å². The number of carbonyl (C=O) groups is 7. The van der Waals surface area contributed by atoms with E-state index in [2.05, 4.69) is 35.8 Å². The molecule has 7 N–H and O–H groups in total. The first-order valence-corrected chi connectivity index (χ1v) is 23.4. The quantitative estimate of drug-likeness (QED) is 0.0340. The summed E-state index contributed by atoms with van der Waals surface area (Å²) < 4.78 is 21.4. The van der Waals surface area contributed by atoms with Crippen LogP contribution >= 0.6 is 9.24 Å². The maximum Gasteiger partial charge on any atom is 0.326 e. The second kappa shape index (κ2) is 43.0. The van der Waals surface area contributed by atoms with Gasteiger partial charge in [-0.25, -0.2) is 4.79 Å². The minimum Gasteiger partial charge on any atom is -0.481 e. The van der Waals surface area contributed by atoms with Crippen molar-refractivity contribution in [2.45, 2.75) is 154 Å². The molecule has 0 spiro atoms. The van der Waals surface area contributed by atoms with Crippen molar-refractivity contribution in [2.24, 2.45) is 0 Å². The first-order chi connectivity index (χ1) is 30.0. The number of amides is 4. The van der Waals surface area contributed by atoms with E-state index in [1.807, 2.05) is 6.92 Å². The van der Waals surface area contributed by atoms with E-state index in [0.717, 1.165) is 64.3 Å². The summed E-state index contributed by atoms with van der Waals surface area (Å²) in [4.78, 5) is 82.0. The number of hydrogen-bond donors (Lipinski definition) is 7. The van der Waals surface area contributed by atoms with Gasteiger partial charge in [-0.15, -0.1) is 0 Å². The van der Waals surface area contributed by atoms with Crippen LogP contribution in [0.3, 0.4) is 0 Å². The highest BCUT2D eigenvalue weighted by Gasteiger charge is 2.21. The van der Waals surface area contributed by atoms with Gasteiger partial charge in [0.05, 0.1) is 45.7 Å². The zero-order chi connectivity index (χ0) is 45.9. The molecule has 0 fully saturated rings. The van der Waals surface area contributed by atoms with Crippen molar-refractivity contribution in [3.8, 4) is 0 Å². The fourth-order valence-corrected chi connectivity index (χ4v) is 6.54. The predicted octanol–water partition coefficient (Wildman–Crippen LogP) is 3.63. The highest BCUT2D eigenvalue weighted by molar-refractivity contribution is 7.40. The standard InChI is InChI=1S/C43H80N5O13P/c1-2-44-36(43(57)62)19-17-18-24-45-39(51)33-60-31-30-59-28-26-47-40(52)34-61-32-29-58-27-25-46-37(49)23-22-35(42(55)56)48-38(50)20-15-13-11-9-7-5-3-4-6-8-10-12-14-16-21-41(53)54/h35-36,44H,2-34,62H2,1H3,(H,45,51)(H,46,49)(H,47,52)(H,48,50)(H,53,54)(H,55,56)/t35-,36-/m0/s1. The van der Waals surface area contributed by atoms with E-state index < -0.39 is 18.0 Å². The van der Waals surface area contributed by atoms with E-state index in [4.69, 9.17) is 24.1 Å². The van der Waals surface area contributed by atoms with Gasteiger partial charge in [0.2, 0.25) is 23.6 Å². The summed E-state index contributed by atoms with van der Waals surface area (Å²) in [5.41, 5.74) is 0.0360. The minimum absolute atomic E-state index is 0.0261. The molecular weight excluding hydrogens is 825 g/mol. The Balaban J connectivity index is 3.66. The third-order valence-corrected chi connectivity index (χ3v) is 10.1. The van der Waals surface area contributed by atoms with Gasteiger partial charge in [0.15, 0.2) is 5.52 Å². The van der Waals surface area contributed by atoms with Gasteiger partial charge < -0.3 is 55.7 Å². The SMILES string of the molecule is CCN[C@@H](CCCCNC(=O)COCCOCCNC(=O)COCCOCCNC(=O)CC[C@H](NC(=O)CCCCCCCCCCCCCCCCC(=O)O)C(=O)O)C(=O)P. The van der Waals surface area contributed by atoms with E-state index in [-0.39, 0.29) is 127 Å². The molecule has 19 heteroatoms. The average Bonchev–Trinajstić information content (AvgIpc) is 3.23. The molecule has 62 heavy (non-hydrogen) atoms. The van der Waals surface area contributed by atoms with Gasteiger partial charge in [0.25, 0.3) is 0 Å². The topological polar surface area (TPSA) is 257 Å². The molecule has 0 aromatic rings. The Kier molecular flexibility index (Phi) is 40.7. The third kappa shape index (κ3) is 40.8. The molecule has 1 unspecified atom stereocenters. The van der Waals surface area contributed by atoms with Crippen molar-refractivity contribution >= 4 is 50.3 Å². The Bertz CT molecular complexity index is 1220. The van der Waals surface area contributed by atoms with Crippen LogP contribution in [0.15, 0.2) is 0 Å². The van der Waals surface area contributed by atoms with E-state index in [1.165, 1.54) is 44.9 Å². The van der Waals surface area contributed by atoms with Crippen molar-refractivity contribution in [1.29, 1.82) is 0 Å². The Morgan fingerprint density at radius 1 is 0.468 bits per heavy atom. The molecule has 3 atom stereocenters. The Morgan fingerprint density at radius 3 is 1.39 bits per heavy atom. The molecule has 0 aliphatic carbocycles. The summed E-state index contributed by atoms with van der Waals surface area (Å²) in [6.07, 6.45) is 17.8. The summed E-state index contributed by atoms with van der Waals surface area (Å²) in [5, 5.41) is 31.9. The molecule has 0 aliphatic rings. The van der Waals surface area contributed by atoms with Crippen LogP contribution in [-0.4, -0.2) is 142 Å². The molecule has 0 heterocycles. The number of ether oxygens (including phenoxy) is 4. The highest BCUT2D eigenvalue weighted by Crippen LogP contribution is 2.14. The molecule has 0 saturated heterocycles. The summed E-state index contributed by atoms with van der Waals surface area (Å²) >= 11 is 0. The molecule has 0 rings (SSSR count). The fraction of sp³-hybridized carbons (Fsp3) is 0.837. The lowest BCUT2D eigenvalue weighted by Gasteiger charge is -2.14. The molecule has 0 aliphatic heterocycles. The van der Waals surface area contributed by atoms with Gasteiger partial charge in [-0.1, -0.05) is 93.2 Å². The number of carboxylic acid groups (broad SMARTS) is 2. The molecular formula is C43H80N5O13P. The first kappa shape index (κ1) is 58.7. The van der Waals surface area contributed by atoms with Crippen molar-refractivity contribution < 1.29 is 62.7 Å². The Hall–Kier alpha value is -3.28. The van der Waals surface area contributed by atoms with Crippen LogP contribution in [-0.2, 0) is 52.5 Å². The van der Waals surface area contributed by atoms with Gasteiger partial charge in [0, 0.05) is 38.9 Å². The normalized spacial score (nSPS) is 12.0. The van der Waals surface area contributed by atoms with E-state index in [0.29, 0.717) is 13.0 Å². The summed E-state index contributed by atoms with van der Waals surface area (Å²) in [7, 11) is 2.20. The van der Waals surface area contributed by atoms with Gasteiger partial charge in [-0.2, -0.15) is 0 Å². The molecule has 0 aromatic carbocycles. The molecule has 0 bridgehead atoms. The number of nitrogens with one attached hydrogen (secondary N) is 5. The van der Waals surface area contributed by atoms with Crippen molar-refractivity contribution in [1.82, 2.24) is 26.6 Å². The Morgan fingerprint density at radius 2 is 0.919 bits per heavy atom. The molecule has 18 nitrogen and oxygen atoms in total. The van der Waals surface area contributed by atoms with Gasteiger partial charge >= 0.3 is 11.9 Å². The second-order valence-corrected chi connectivity index (χ2v) is 15.8. The van der Waals surface area contributed by atoms with Crippen LogP contribution < -0.4 is 26.6 Å². The molecule has 0 saturated carbocycles. The lowest BCUT2D eigenvalue weighted by atomic mass is 10.0. The van der Waals surface area contributed by atoms with Crippen molar-refractivity contribution in [3.63, 3.8) is 0 Å². The number of rotatable bonds is 46. The fourth-order valence-electron chi connectivity index (χ4n) is 6.26. The lowest BCUT2D eigenvalue weighted by molar-refractivity contribution is -0.142. The largest absolute Gasteiger partial charge is 0.481 e. The number of carboxylic acids is 2. The van der Waals surface area contributed by atoms with Gasteiger partial charge in [0.1, 0.15) is 19.3 Å². The smallest absolute Gasteiger partial charge is 0.326 e.